The smallest absolute Gasteiger partial charge is 0.274 e. The predicted molar refractivity (Wildman–Crippen MR) is 100 cm³/mol. The van der Waals surface area contributed by atoms with Gasteiger partial charge in [-0.05, 0) is 31.0 Å². The molecule has 0 aliphatic carbocycles. The quantitative estimate of drug-likeness (QED) is 0.658. The Morgan fingerprint density at radius 2 is 2.07 bits per heavy atom. The van der Waals surface area contributed by atoms with Crippen LogP contribution in [0.4, 0.5) is 17.1 Å². The fourth-order valence-electron chi connectivity index (χ4n) is 3.46. The molecule has 8 nitrogen and oxygen atoms in total. The predicted octanol–water partition coefficient (Wildman–Crippen LogP) is 3.00. The van der Waals surface area contributed by atoms with Gasteiger partial charge in [-0.3, -0.25) is 14.9 Å². The van der Waals surface area contributed by atoms with Crippen molar-refractivity contribution in [1.29, 1.82) is 0 Å². The van der Waals surface area contributed by atoms with Crippen molar-refractivity contribution in [3.05, 3.63) is 51.6 Å². The summed E-state index contributed by atoms with van der Waals surface area (Å²) >= 11 is 0. The van der Waals surface area contributed by atoms with Gasteiger partial charge in [0, 0.05) is 30.5 Å². The van der Waals surface area contributed by atoms with E-state index in [1.165, 1.54) is 17.7 Å². The van der Waals surface area contributed by atoms with Gasteiger partial charge in [0.15, 0.2) is 11.5 Å². The number of benzene rings is 2. The van der Waals surface area contributed by atoms with Crippen LogP contribution in [0.15, 0.2) is 30.3 Å². The molecule has 0 atom stereocenters. The summed E-state index contributed by atoms with van der Waals surface area (Å²) in [5.41, 5.74) is 2.87. The van der Waals surface area contributed by atoms with Gasteiger partial charge in [-0.1, -0.05) is 6.07 Å². The van der Waals surface area contributed by atoms with Gasteiger partial charge in [0.2, 0.25) is 0 Å². The first-order chi connectivity index (χ1) is 13.1. The van der Waals surface area contributed by atoms with Crippen molar-refractivity contribution >= 4 is 23.0 Å². The number of nitrogens with one attached hydrogen (secondary N) is 1. The fourth-order valence-corrected chi connectivity index (χ4v) is 3.46. The van der Waals surface area contributed by atoms with Crippen molar-refractivity contribution in [2.45, 2.75) is 13.3 Å². The van der Waals surface area contributed by atoms with E-state index in [9.17, 15) is 14.9 Å². The molecule has 27 heavy (non-hydrogen) atoms. The van der Waals surface area contributed by atoms with Crippen LogP contribution in [0.2, 0.25) is 0 Å². The van der Waals surface area contributed by atoms with Crippen molar-refractivity contribution in [1.82, 2.24) is 0 Å². The summed E-state index contributed by atoms with van der Waals surface area (Å²) in [6, 6.07) is 8.28. The van der Waals surface area contributed by atoms with Crippen LogP contribution < -0.4 is 19.7 Å². The van der Waals surface area contributed by atoms with Gasteiger partial charge in [0.25, 0.3) is 11.6 Å². The number of carbonyl (C=O) groups is 1. The first-order valence-electron chi connectivity index (χ1n) is 8.84. The van der Waals surface area contributed by atoms with Crippen LogP contribution in [0.1, 0.15) is 22.8 Å². The molecule has 2 aliphatic heterocycles. The van der Waals surface area contributed by atoms with Crippen LogP contribution in [0.3, 0.4) is 0 Å². The van der Waals surface area contributed by atoms with Crippen molar-refractivity contribution in [2.24, 2.45) is 0 Å². The molecule has 8 heteroatoms. The number of nitro groups is 1. The number of fused-ring (bicyclic) bond motifs is 2. The number of likely N-dealkylation sites (N-methyl/N-ethyl adjacent to an activating group) is 1. The molecule has 2 aromatic carbocycles. The lowest BCUT2D eigenvalue weighted by molar-refractivity contribution is -0.385. The third-order valence-corrected chi connectivity index (χ3v) is 4.80. The van der Waals surface area contributed by atoms with Gasteiger partial charge >= 0.3 is 0 Å². The molecule has 2 heterocycles. The van der Waals surface area contributed by atoms with Gasteiger partial charge in [-0.2, -0.15) is 0 Å². The molecule has 2 aliphatic rings. The van der Waals surface area contributed by atoms with E-state index in [2.05, 4.69) is 17.1 Å². The highest BCUT2D eigenvalue weighted by Gasteiger charge is 2.26. The zero-order valence-corrected chi connectivity index (χ0v) is 14.9. The summed E-state index contributed by atoms with van der Waals surface area (Å²) < 4.78 is 11.0. The monoisotopic (exact) mass is 369 g/mol. The molecule has 0 bridgehead atoms. The maximum Gasteiger partial charge on any atom is 0.274 e. The highest BCUT2D eigenvalue weighted by atomic mass is 16.6. The lowest BCUT2D eigenvalue weighted by atomic mass is 10.1. The van der Waals surface area contributed by atoms with Crippen LogP contribution in [0.25, 0.3) is 0 Å². The normalized spacial score (nSPS) is 14.6. The van der Waals surface area contributed by atoms with Crippen LogP contribution in [0, 0.1) is 10.1 Å². The van der Waals surface area contributed by atoms with Gasteiger partial charge in [0.1, 0.15) is 13.2 Å². The minimum absolute atomic E-state index is 0.0896. The number of ether oxygens (including phenoxy) is 2. The topological polar surface area (TPSA) is 93.9 Å². The Kier molecular flexibility index (Phi) is 4.31. The van der Waals surface area contributed by atoms with E-state index in [4.69, 9.17) is 9.47 Å². The molecule has 4 rings (SSSR count). The Hall–Kier alpha value is -3.29. The summed E-state index contributed by atoms with van der Waals surface area (Å²) in [6.45, 7) is 4.52. The zero-order chi connectivity index (χ0) is 19.0. The summed E-state index contributed by atoms with van der Waals surface area (Å²) in [4.78, 5) is 25.7. The van der Waals surface area contributed by atoms with E-state index in [1.54, 1.807) is 0 Å². The number of carbonyl (C=O) groups excluding carboxylic acids is 1. The standard InChI is InChI=1S/C19H19N3O5/c1-2-21-6-5-12-3-4-13(9-16(12)21)20-19(23)15-10-14(22(24)25)11-17-18(15)27-8-7-26-17/h3-4,9-11H,2,5-8H2,1H3,(H,20,23). The van der Waals surface area contributed by atoms with Crippen molar-refractivity contribution in [2.75, 3.05) is 36.5 Å². The molecule has 140 valence electrons. The Balaban J connectivity index is 1.66. The van der Waals surface area contributed by atoms with Gasteiger partial charge < -0.3 is 19.7 Å². The Bertz CT molecular complexity index is 928. The highest BCUT2D eigenvalue weighted by Crippen LogP contribution is 2.38. The second-order valence-corrected chi connectivity index (χ2v) is 6.40. The number of hydrogen-bond acceptors (Lipinski definition) is 6. The number of amides is 1. The maximum absolute atomic E-state index is 12.8. The van der Waals surface area contributed by atoms with E-state index in [0.29, 0.717) is 5.69 Å². The van der Waals surface area contributed by atoms with E-state index in [1.807, 2.05) is 18.2 Å². The Labute approximate surface area is 155 Å². The van der Waals surface area contributed by atoms with Gasteiger partial charge in [-0.25, -0.2) is 0 Å². The first kappa shape index (κ1) is 17.1. The van der Waals surface area contributed by atoms with Crippen LogP contribution in [0.5, 0.6) is 11.5 Å². The molecular formula is C19H19N3O5. The van der Waals surface area contributed by atoms with Gasteiger partial charge in [-0.15, -0.1) is 0 Å². The number of nitrogens with zero attached hydrogens (tertiary/aromatic N) is 2. The first-order valence-corrected chi connectivity index (χ1v) is 8.84. The van der Waals surface area contributed by atoms with Crippen molar-refractivity contribution in [3.63, 3.8) is 0 Å². The van der Waals surface area contributed by atoms with E-state index in [0.717, 1.165) is 25.2 Å². The average molecular weight is 369 g/mol. The number of anilines is 2. The lowest BCUT2D eigenvalue weighted by Crippen LogP contribution is -2.21. The van der Waals surface area contributed by atoms with Gasteiger partial charge in [0.05, 0.1) is 16.6 Å². The van der Waals surface area contributed by atoms with Crippen molar-refractivity contribution in [3.8, 4) is 11.5 Å². The third-order valence-electron chi connectivity index (χ3n) is 4.80. The molecule has 2 aromatic rings. The Morgan fingerprint density at radius 3 is 2.85 bits per heavy atom. The summed E-state index contributed by atoms with van der Waals surface area (Å²) in [5.74, 6) is -0.0196. The maximum atomic E-state index is 12.8. The second-order valence-electron chi connectivity index (χ2n) is 6.40. The summed E-state index contributed by atoms with van der Waals surface area (Å²) in [5, 5.41) is 14.0. The van der Waals surface area contributed by atoms with Crippen LogP contribution >= 0.6 is 0 Å². The minimum Gasteiger partial charge on any atom is -0.486 e. The number of non-ortho nitro benzene ring substituents is 1. The largest absolute Gasteiger partial charge is 0.486 e. The second kappa shape index (κ2) is 6.79. The lowest BCUT2D eigenvalue weighted by Gasteiger charge is -2.21. The van der Waals surface area contributed by atoms with E-state index in [-0.39, 0.29) is 36.0 Å². The van der Waals surface area contributed by atoms with Crippen molar-refractivity contribution < 1.29 is 19.2 Å². The molecule has 0 saturated heterocycles. The minimum atomic E-state index is -0.552. The SMILES string of the molecule is CCN1CCc2ccc(NC(=O)c3cc([N+](=O)[O-])cc4c3OCCO4)cc21. The summed E-state index contributed by atoms with van der Waals surface area (Å²) in [7, 11) is 0. The molecule has 0 unspecified atom stereocenters. The molecular weight excluding hydrogens is 350 g/mol. The molecule has 1 N–H and O–H groups in total. The Morgan fingerprint density at radius 1 is 1.26 bits per heavy atom. The molecule has 0 spiro atoms. The summed E-state index contributed by atoms with van der Waals surface area (Å²) in [6.07, 6.45) is 0.987. The number of rotatable bonds is 4. The molecule has 0 radical (unpaired) electrons. The fraction of sp³-hybridized carbons (Fsp3) is 0.316. The van der Waals surface area contributed by atoms with E-state index >= 15 is 0 Å². The average Bonchev–Trinajstić information content (AvgIpc) is 3.09. The highest BCUT2D eigenvalue weighted by molar-refractivity contribution is 6.07. The molecule has 0 saturated carbocycles. The van der Waals surface area contributed by atoms with Crippen LogP contribution in [-0.2, 0) is 6.42 Å². The third kappa shape index (κ3) is 3.14. The molecule has 1 amide bonds. The molecule has 0 fully saturated rings. The number of nitro benzene ring substituents is 1. The molecule has 0 aromatic heterocycles. The zero-order valence-electron chi connectivity index (χ0n) is 14.9. The van der Waals surface area contributed by atoms with E-state index < -0.39 is 10.8 Å². The number of hydrogen-bond donors (Lipinski definition) is 1. The van der Waals surface area contributed by atoms with Crippen LogP contribution in [-0.4, -0.2) is 37.1 Å².